The molecule has 17 heteroatoms. The molecule has 0 radical (unpaired) electrons. The Morgan fingerprint density at radius 1 is 1.29 bits per heavy atom. The molecule has 2 N–H and O–H groups in total. The number of aliphatic hydroxyl groups excluding tert-OH is 1. The fraction of sp³-hybridized carbons (Fsp3) is 0.321. The standard InChI is InChI=1S/C28H26N6O8S2.HI/c1-14-20(23(27(37)38)33-22(14)21(15(2)35)24(33)36)19-10-32-13-31(25(43-3)26(32)44-19)9-17-8-30(12-29-17)28(39)42-11-16-4-6-18(7-5-16)34(40)41;/h4-8,10,12-15,21-22,35H,9,11H2,1-3H3;1H/t14-,15+,21+,22+;/m0./s1. The summed E-state index contributed by atoms with van der Waals surface area (Å²) in [5, 5.41) is 31.9. The van der Waals surface area contributed by atoms with E-state index in [1.54, 1.807) is 13.1 Å². The van der Waals surface area contributed by atoms with Crippen molar-refractivity contribution in [3.8, 4) is 0 Å². The number of carbonyl (C=O) groups excluding carboxylic acids is 2. The number of nitrogens with zero attached hydrogens (tertiary/aromatic N) is 6. The van der Waals surface area contributed by atoms with E-state index in [0.717, 1.165) is 14.7 Å². The minimum atomic E-state index is -1.17. The fourth-order valence-corrected chi connectivity index (χ4v) is 8.10. The van der Waals surface area contributed by atoms with Crippen molar-refractivity contribution in [2.75, 3.05) is 6.26 Å². The number of aliphatic hydroxyl groups is 1. The molecule has 0 bridgehead atoms. The highest BCUT2D eigenvalue weighted by Crippen LogP contribution is 2.51. The Hall–Kier alpha value is -3.81. The van der Waals surface area contributed by atoms with Crippen LogP contribution >= 0.6 is 23.1 Å². The van der Waals surface area contributed by atoms with Gasteiger partial charge in [0.15, 0.2) is 0 Å². The number of nitro groups is 1. The molecule has 14 nitrogen and oxygen atoms in total. The summed E-state index contributed by atoms with van der Waals surface area (Å²) in [6.07, 6.45) is 7.05. The van der Waals surface area contributed by atoms with E-state index < -0.39 is 35.0 Å². The van der Waals surface area contributed by atoms with E-state index in [9.17, 15) is 34.7 Å². The normalized spacial score (nSPS) is 19.7. The first kappa shape index (κ1) is 32.6. The first-order valence-corrected chi connectivity index (χ1v) is 15.5. The number of thiazole rings is 1. The van der Waals surface area contributed by atoms with Crippen molar-refractivity contribution in [3.63, 3.8) is 0 Å². The molecule has 1 saturated heterocycles. The average Bonchev–Trinajstić information content (AvgIpc) is 3.73. The van der Waals surface area contributed by atoms with Gasteiger partial charge in [-0.25, -0.2) is 23.7 Å². The summed E-state index contributed by atoms with van der Waals surface area (Å²) in [6, 6.07) is 5.34. The maximum absolute atomic E-state index is 12.7. The zero-order chi connectivity index (χ0) is 31.4. The molecule has 2 aliphatic rings. The lowest BCUT2D eigenvalue weighted by Gasteiger charge is -2.46. The molecular weight excluding hydrogens is 739 g/mol. The minimum Gasteiger partial charge on any atom is -1.00 e. The highest BCUT2D eigenvalue weighted by atomic mass is 127. The summed E-state index contributed by atoms with van der Waals surface area (Å²) in [4.78, 5) is 55.2. The lowest BCUT2D eigenvalue weighted by atomic mass is 9.77. The fourth-order valence-electron chi connectivity index (χ4n) is 5.92. The van der Waals surface area contributed by atoms with Gasteiger partial charge in [0, 0.05) is 29.8 Å². The molecule has 45 heavy (non-hydrogen) atoms. The number of aromatic nitrogens is 4. The highest BCUT2D eigenvalue weighted by molar-refractivity contribution is 7.98. The molecule has 236 valence electrons. The third kappa shape index (κ3) is 5.61. The Labute approximate surface area is 281 Å². The molecule has 4 atom stereocenters. The highest BCUT2D eigenvalue weighted by Gasteiger charge is 2.60. The summed E-state index contributed by atoms with van der Waals surface area (Å²) in [5.41, 5.74) is 1.71. The van der Waals surface area contributed by atoms with Gasteiger partial charge in [0.05, 0.1) is 27.9 Å². The second-order valence-electron chi connectivity index (χ2n) is 10.6. The Balaban J connectivity index is 0.00000400. The summed E-state index contributed by atoms with van der Waals surface area (Å²) in [5.74, 6) is -2.45. The van der Waals surface area contributed by atoms with E-state index >= 15 is 0 Å². The Kier molecular flexibility index (Phi) is 9.07. The topological polar surface area (TPSA) is 174 Å². The van der Waals surface area contributed by atoms with E-state index in [1.807, 2.05) is 34.7 Å². The Morgan fingerprint density at radius 3 is 2.62 bits per heavy atom. The summed E-state index contributed by atoms with van der Waals surface area (Å²) in [7, 11) is 0. The van der Waals surface area contributed by atoms with Gasteiger partial charge in [-0.1, -0.05) is 30.0 Å². The van der Waals surface area contributed by atoms with Crippen LogP contribution in [0.2, 0.25) is 0 Å². The molecular formula is C28H27IN6O8S2. The number of nitro benzene ring substituents is 1. The molecule has 0 unspecified atom stereocenters. The van der Waals surface area contributed by atoms with Crippen LogP contribution in [-0.4, -0.2) is 70.5 Å². The van der Waals surface area contributed by atoms with Gasteiger partial charge < -0.3 is 43.8 Å². The number of non-ortho nitro benzene ring substituents is 1. The number of imidazole rings is 2. The largest absolute Gasteiger partial charge is 1.00 e. The number of aliphatic carboxylic acids is 1. The van der Waals surface area contributed by atoms with Gasteiger partial charge in [0.2, 0.25) is 15.8 Å². The van der Waals surface area contributed by atoms with Crippen LogP contribution in [0, 0.1) is 22.0 Å². The van der Waals surface area contributed by atoms with Crippen molar-refractivity contribution < 1.29 is 62.6 Å². The summed E-state index contributed by atoms with van der Waals surface area (Å²) in [6.45, 7) is 3.74. The molecule has 4 aromatic rings. The third-order valence-electron chi connectivity index (χ3n) is 7.93. The predicted molar refractivity (Wildman–Crippen MR) is 157 cm³/mol. The molecule has 1 amide bonds. The van der Waals surface area contributed by atoms with Crippen LogP contribution in [0.3, 0.4) is 0 Å². The van der Waals surface area contributed by atoms with E-state index in [1.165, 1.54) is 63.2 Å². The number of carboxylic acids is 1. The molecule has 1 fully saturated rings. The number of benzene rings is 1. The lowest BCUT2D eigenvalue weighted by Crippen LogP contribution is -3.00. The molecule has 5 heterocycles. The molecule has 6 rings (SSSR count). The van der Waals surface area contributed by atoms with Crippen LogP contribution in [0.15, 0.2) is 60.0 Å². The van der Waals surface area contributed by atoms with Gasteiger partial charge in [-0.15, -0.1) is 0 Å². The SMILES string of the molecule is CSc1c2sc(C3=C(C(=O)O)N4C(=O)[C@H]([C@@H](C)O)[C@H]4[C@H]3C)c[n+]2cn1Cc1cn(C(=O)OCc2ccc([N+](=O)[O-])cc2)cn1.[I-]. The first-order valence-electron chi connectivity index (χ1n) is 13.5. The number of ether oxygens (including phenoxy) is 1. The van der Waals surface area contributed by atoms with Crippen molar-refractivity contribution in [1.82, 2.24) is 19.0 Å². The van der Waals surface area contributed by atoms with E-state index in [2.05, 4.69) is 4.98 Å². The van der Waals surface area contributed by atoms with Crippen molar-refractivity contribution in [2.45, 2.75) is 44.2 Å². The van der Waals surface area contributed by atoms with Gasteiger partial charge in [-0.3, -0.25) is 14.9 Å². The Morgan fingerprint density at radius 2 is 2.00 bits per heavy atom. The number of thioether (sulfide) groups is 1. The number of fused-ring (bicyclic) bond motifs is 2. The van der Waals surface area contributed by atoms with Crippen LogP contribution in [-0.2, 0) is 27.5 Å². The molecule has 2 aliphatic heterocycles. The average molecular weight is 767 g/mol. The van der Waals surface area contributed by atoms with Crippen LogP contribution in [0.4, 0.5) is 10.5 Å². The number of hydrogen-bond acceptors (Lipinski definition) is 10. The van der Waals surface area contributed by atoms with Gasteiger partial charge in [-0.05, 0) is 30.9 Å². The quantitative estimate of drug-likeness (QED) is 0.0590. The number of carbonyl (C=O) groups is 3. The molecule has 0 saturated carbocycles. The lowest BCUT2D eigenvalue weighted by molar-refractivity contribution is -0.508. The first-order chi connectivity index (χ1) is 21.0. The molecule has 3 aromatic heterocycles. The smallest absolute Gasteiger partial charge is 0.419 e. The second-order valence-corrected chi connectivity index (χ2v) is 12.5. The number of amides is 1. The zero-order valence-electron chi connectivity index (χ0n) is 24.1. The van der Waals surface area contributed by atoms with Crippen LogP contribution in [0.25, 0.3) is 10.4 Å². The van der Waals surface area contributed by atoms with Gasteiger partial charge in [0.1, 0.15) is 37.1 Å². The van der Waals surface area contributed by atoms with Crippen LogP contribution in [0.1, 0.15) is 30.0 Å². The number of rotatable bonds is 9. The molecule has 1 aromatic carbocycles. The van der Waals surface area contributed by atoms with Crippen molar-refractivity contribution in [1.29, 1.82) is 0 Å². The molecule has 0 spiro atoms. The zero-order valence-corrected chi connectivity index (χ0v) is 27.9. The number of halogens is 1. The third-order valence-corrected chi connectivity index (χ3v) is 10.0. The minimum absolute atomic E-state index is 0. The van der Waals surface area contributed by atoms with E-state index in [0.29, 0.717) is 23.4 Å². The molecule has 0 aliphatic carbocycles. The van der Waals surface area contributed by atoms with E-state index in [-0.39, 0.29) is 53.8 Å². The van der Waals surface area contributed by atoms with Crippen LogP contribution in [0.5, 0.6) is 0 Å². The Bertz CT molecular complexity index is 1860. The number of carboxylic acid groups (broad SMARTS) is 1. The summed E-state index contributed by atoms with van der Waals surface area (Å²) >= 11 is 2.93. The van der Waals surface area contributed by atoms with Gasteiger partial charge in [0.25, 0.3) is 12.0 Å². The number of β-lactam (4-membered cyclic amide) rings is 1. The second kappa shape index (κ2) is 12.5. The maximum atomic E-state index is 12.7. The van der Waals surface area contributed by atoms with Gasteiger partial charge >= 0.3 is 12.1 Å². The van der Waals surface area contributed by atoms with Crippen LogP contribution < -0.4 is 28.4 Å². The maximum Gasteiger partial charge on any atom is 0.419 e. The van der Waals surface area contributed by atoms with E-state index in [4.69, 9.17) is 4.74 Å². The van der Waals surface area contributed by atoms with Gasteiger partial charge in [-0.2, -0.15) is 4.40 Å². The van der Waals surface area contributed by atoms with Crippen molar-refractivity contribution in [2.24, 2.45) is 11.8 Å². The monoisotopic (exact) mass is 766 g/mol. The predicted octanol–water partition coefficient (Wildman–Crippen LogP) is 0.00530. The number of hydrogen-bond donors (Lipinski definition) is 2. The van der Waals surface area contributed by atoms with Crippen molar-refractivity contribution >= 4 is 57.2 Å². The van der Waals surface area contributed by atoms with Crippen molar-refractivity contribution in [3.05, 3.63) is 81.3 Å². The summed E-state index contributed by atoms with van der Waals surface area (Å²) < 4.78 is 10.4.